The molecule has 4 fully saturated rings. The largest absolute Gasteiger partial charge is 0.454 e. The predicted molar refractivity (Wildman–Crippen MR) is 368 cm³/mol. The van der Waals surface area contributed by atoms with Gasteiger partial charge in [-0.15, -0.1) is 0 Å². The predicted octanol–water partition coefficient (Wildman–Crippen LogP) is 10.9. The minimum absolute atomic E-state index is 0.0537. The van der Waals surface area contributed by atoms with Crippen LogP contribution < -0.4 is 16.0 Å². The minimum atomic E-state index is -2.67. The van der Waals surface area contributed by atoms with Gasteiger partial charge in [-0.1, -0.05) is 197 Å². The SMILES string of the molecule is CC(C)(C)[Si](C)(C)OC[C@H]1O[C@@H](O[C@@H]2[C@@H](OC(=O)c3ccccc3)[C@H](NC(=O)OCc3ccccc3)C[C@H](NC(=O)OCc3ccccc3)[C@H]2O[C@H]2O[C@@H]3COC(c4ccccc4)O[C@H]3[C@H](OC(=O)c3ccccc3)[C@H]2NC(=O)OCc2ccccc2)[C@H](OCC=O)[C@@H]1OC(=O)c1ccccc1. The first-order valence-electron chi connectivity index (χ1n) is 33.7. The first-order valence-corrected chi connectivity index (χ1v) is 36.6. The van der Waals surface area contributed by atoms with Crippen molar-refractivity contribution >= 4 is 50.8 Å². The summed E-state index contributed by atoms with van der Waals surface area (Å²) >= 11 is 0. The Labute approximate surface area is 591 Å². The van der Waals surface area contributed by atoms with Crippen LogP contribution in [0.4, 0.5) is 14.4 Å². The Morgan fingerprint density at radius 1 is 0.480 bits per heavy atom. The Balaban J connectivity index is 1.07. The fourth-order valence-electron chi connectivity index (χ4n) is 12.0. The second kappa shape index (κ2) is 34.8. The molecule has 0 radical (unpaired) electrons. The first kappa shape index (κ1) is 73.5. The number of carbonyl (C=O) groups excluding carboxylic acids is 7. The normalized spacial score (nSPS) is 25.4. The van der Waals surface area contributed by atoms with E-state index in [1.165, 1.54) is 12.1 Å². The van der Waals surface area contributed by atoms with Gasteiger partial charge in [0.15, 0.2) is 45.5 Å². The average Bonchev–Trinajstić information content (AvgIpc) is 0.818. The van der Waals surface area contributed by atoms with Gasteiger partial charge in [-0.3, -0.25) is 0 Å². The molecule has 7 aromatic rings. The number of fused-ring (bicyclic) bond motifs is 1. The van der Waals surface area contributed by atoms with Crippen LogP contribution in [-0.4, -0.2) is 156 Å². The van der Waals surface area contributed by atoms with Crippen molar-refractivity contribution in [1.82, 2.24) is 16.0 Å². The molecule has 0 bridgehead atoms. The number of nitrogens with one attached hydrogen (secondary N) is 3. The molecule has 11 rings (SSSR count). The summed E-state index contributed by atoms with van der Waals surface area (Å²) in [7, 11) is -2.67. The molecule has 7 aromatic carbocycles. The Morgan fingerprint density at radius 3 is 1.37 bits per heavy atom. The van der Waals surface area contributed by atoms with Crippen molar-refractivity contribution in [3.05, 3.63) is 251 Å². The molecule has 3 aliphatic heterocycles. The van der Waals surface area contributed by atoms with Crippen LogP contribution in [0.25, 0.3) is 0 Å². The molecule has 1 saturated carbocycles. The van der Waals surface area contributed by atoms with E-state index in [-0.39, 0.29) is 61.2 Å². The number of hydrogen-bond donors (Lipinski definition) is 3. The number of rotatable bonds is 26. The lowest BCUT2D eigenvalue weighted by Gasteiger charge is -2.51. The van der Waals surface area contributed by atoms with E-state index in [1.54, 1.807) is 194 Å². The number of ether oxygens (including phenoxy) is 13. The topological polar surface area (TPSA) is 285 Å². The number of carbonyl (C=O) groups is 7. The van der Waals surface area contributed by atoms with E-state index in [0.29, 0.717) is 28.5 Å². The molecule has 536 valence electrons. The quantitative estimate of drug-likeness (QED) is 0.0196. The maximum Gasteiger partial charge on any atom is 0.407 e. The van der Waals surface area contributed by atoms with Crippen LogP contribution in [0, 0.1) is 0 Å². The summed E-state index contributed by atoms with van der Waals surface area (Å²) in [5.41, 5.74) is 2.82. The van der Waals surface area contributed by atoms with E-state index >= 15 is 4.79 Å². The van der Waals surface area contributed by atoms with Gasteiger partial charge in [0.1, 0.15) is 75.4 Å². The molecular weight excluding hydrogens is 1330 g/mol. The number of alkyl carbamates (subject to hydrolysis) is 3. The van der Waals surface area contributed by atoms with Gasteiger partial charge in [-0.25, -0.2) is 28.8 Å². The smallest absolute Gasteiger partial charge is 0.407 e. The summed E-state index contributed by atoms with van der Waals surface area (Å²) < 4.78 is 92.1. The molecule has 3 heterocycles. The average molecular weight is 1410 g/mol. The van der Waals surface area contributed by atoms with E-state index in [9.17, 15) is 28.8 Å². The Morgan fingerprint density at radius 2 is 0.902 bits per heavy atom. The molecule has 4 aliphatic rings. The highest BCUT2D eigenvalue weighted by molar-refractivity contribution is 6.74. The van der Waals surface area contributed by atoms with E-state index in [1.807, 2.05) is 39.9 Å². The van der Waals surface area contributed by atoms with Crippen LogP contribution in [0.3, 0.4) is 0 Å². The van der Waals surface area contributed by atoms with Crippen LogP contribution in [0.15, 0.2) is 212 Å². The number of hydrogen-bond acceptors (Lipinski definition) is 21. The summed E-state index contributed by atoms with van der Waals surface area (Å²) in [5.74, 6) is -2.57. The highest BCUT2D eigenvalue weighted by Crippen LogP contribution is 2.42. The maximum absolute atomic E-state index is 15.0. The van der Waals surface area contributed by atoms with Gasteiger partial charge in [0.2, 0.25) is 0 Å². The number of benzene rings is 7. The summed E-state index contributed by atoms with van der Waals surface area (Å²) in [5, 5.41) is 8.38. The summed E-state index contributed by atoms with van der Waals surface area (Å²) in [6.07, 6.45) is -21.1. The molecular formula is C77H83N3O21Si. The Bertz CT molecular complexity index is 3870. The lowest BCUT2D eigenvalue weighted by molar-refractivity contribution is -0.357. The second-order valence-corrected chi connectivity index (χ2v) is 31.1. The third kappa shape index (κ3) is 19.3. The van der Waals surface area contributed by atoms with E-state index in [4.69, 9.17) is 66.0 Å². The third-order valence-corrected chi connectivity index (χ3v) is 22.8. The van der Waals surface area contributed by atoms with E-state index < -0.39 is 143 Å². The molecule has 25 heteroatoms. The molecule has 1 unspecified atom stereocenters. The molecule has 24 nitrogen and oxygen atoms in total. The maximum atomic E-state index is 15.0. The van der Waals surface area contributed by atoms with Crippen molar-refractivity contribution in [2.45, 2.75) is 157 Å². The standard InChI is InChI=1S/C77H83N3O21Si/c1-77(2,3)102(4,5)93-48-59-64(97-69(83)53-35-21-10-22-36-53)67(88-42-41-81)73(95-59)101-66-61(96-68(82)52-33-19-9-20-34-52)56(78-74(85)90-44-49-27-13-6-14-28-49)43-57(79-75(86)91-45-50-29-15-7-16-30-50)62(66)99-72-60(80-76(87)92-46-51-31-17-8-18-32-51)65(98-70(84)54-37-23-11-24-38-54)63-58(94-72)47-89-71(100-63)55-39-25-12-26-40-55/h6-41,56-67,71-73H,42-48H2,1-5H3,(H,78,85)(H,79,86)(H,80,87)/t56-,57+,58-,59-,60-,61+,62-,63-,64-,65-,66-,67-,71?,72-,73+/m1/s1. The van der Waals surface area contributed by atoms with Crippen molar-refractivity contribution in [3.63, 3.8) is 0 Å². The summed E-state index contributed by atoms with van der Waals surface area (Å²) in [6, 6.07) is 55.3. The first-order chi connectivity index (χ1) is 49.4. The van der Waals surface area contributed by atoms with Crippen molar-refractivity contribution in [1.29, 1.82) is 0 Å². The number of esters is 3. The van der Waals surface area contributed by atoms with Crippen molar-refractivity contribution < 1.29 is 99.6 Å². The fraction of sp³-hybridized carbons (Fsp3) is 0.364. The van der Waals surface area contributed by atoms with Crippen molar-refractivity contribution in [2.75, 3.05) is 19.8 Å². The Hall–Kier alpha value is -9.67. The minimum Gasteiger partial charge on any atom is -0.454 e. The monoisotopic (exact) mass is 1410 g/mol. The van der Waals surface area contributed by atoms with Gasteiger partial charge in [0.25, 0.3) is 0 Å². The lowest BCUT2D eigenvalue weighted by Crippen LogP contribution is -2.71. The molecule has 3 amide bonds. The third-order valence-electron chi connectivity index (χ3n) is 18.3. The number of amides is 3. The molecule has 3 N–H and O–H groups in total. The van der Waals surface area contributed by atoms with E-state index in [0.717, 1.165) is 0 Å². The van der Waals surface area contributed by atoms with Crippen LogP contribution in [0.2, 0.25) is 18.1 Å². The van der Waals surface area contributed by atoms with Gasteiger partial charge in [0.05, 0.1) is 42.0 Å². The fourth-order valence-corrected chi connectivity index (χ4v) is 13.0. The van der Waals surface area contributed by atoms with Crippen molar-refractivity contribution in [3.8, 4) is 0 Å². The highest BCUT2D eigenvalue weighted by Gasteiger charge is 2.60. The molecule has 1 aliphatic carbocycles. The van der Waals surface area contributed by atoms with Gasteiger partial charge >= 0.3 is 36.2 Å². The van der Waals surface area contributed by atoms with Crippen molar-refractivity contribution in [2.24, 2.45) is 0 Å². The second-order valence-electron chi connectivity index (χ2n) is 26.3. The zero-order valence-corrected chi connectivity index (χ0v) is 58.0. The summed E-state index contributed by atoms with van der Waals surface area (Å²) in [6.45, 7) is 8.48. The van der Waals surface area contributed by atoms with Gasteiger partial charge in [0, 0.05) is 5.56 Å². The molecule has 102 heavy (non-hydrogen) atoms. The van der Waals surface area contributed by atoms with Gasteiger partial charge in [-0.05, 0) is 77.6 Å². The van der Waals surface area contributed by atoms with Gasteiger partial charge in [-0.2, -0.15) is 0 Å². The van der Waals surface area contributed by atoms with Crippen LogP contribution >= 0.6 is 0 Å². The lowest BCUT2D eigenvalue weighted by atomic mass is 9.83. The number of aldehydes is 1. The van der Waals surface area contributed by atoms with Gasteiger partial charge < -0.3 is 86.8 Å². The zero-order valence-electron chi connectivity index (χ0n) is 57.0. The van der Waals surface area contributed by atoms with Crippen LogP contribution in [0.5, 0.6) is 0 Å². The zero-order chi connectivity index (χ0) is 71.6. The van der Waals surface area contributed by atoms with Crippen LogP contribution in [-0.2, 0) is 90.6 Å². The van der Waals surface area contributed by atoms with E-state index in [2.05, 4.69) is 16.0 Å². The molecule has 15 atom stereocenters. The molecule has 0 spiro atoms. The van der Waals surface area contributed by atoms with Crippen LogP contribution in [0.1, 0.15) is 86.8 Å². The molecule has 0 aromatic heterocycles. The molecule has 3 saturated heterocycles. The summed E-state index contributed by atoms with van der Waals surface area (Å²) in [4.78, 5) is 101. The highest BCUT2D eigenvalue weighted by atomic mass is 28.4. The Kier molecular flexibility index (Phi) is 25.1.